The number of allylic oxidation sites excluding steroid dienone is 1. The molecule has 0 aromatic heterocycles. The first-order chi connectivity index (χ1) is 5.90. The van der Waals surface area contributed by atoms with Crippen LogP contribution in [0.4, 0.5) is 5.69 Å². The number of ether oxygens (including phenoxy) is 1. The van der Waals surface area contributed by atoms with Gasteiger partial charge in [-0.25, -0.2) is 0 Å². The second kappa shape index (κ2) is 2.81. The lowest BCUT2D eigenvalue weighted by Gasteiger charge is -1.99. The summed E-state index contributed by atoms with van der Waals surface area (Å²) < 4.78 is 5.09. The molecule has 1 aromatic rings. The molecule has 1 heterocycles. The van der Waals surface area contributed by atoms with Crippen LogP contribution in [-0.4, -0.2) is 13.3 Å². The Labute approximate surface area is 71.2 Å². The van der Waals surface area contributed by atoms with Crippen molar-refractivity contribution in [3.05, 3.63) is 29.8 Å². The number of nitrogens with zero attached hydrogens (tertiary/aromatic N) is 1. The monoisotopic (exact) mass is 159 g/mol. The third-order valence-electron chi connectivity index (χ3n) is 1.81. The topological polar surface area (TPSA) is 23.3 Å². The average Bonchev–Trinajstić information content (AvgIpc) is 2.17. The third kappa shape index (κ3) is 1.11. The first-order valence-electron chi connectivity index (χ1n) is 3.79. The zero-order chi connectivity index (χ0) is 8.39. The number of rotatable bonds is 1. The van der Waals surface area contributed by atoms with Gasteiger partial charge in [0.25, 0.3) is 5.69 Å². The minimum Gasteiger partial charge on any atom is -0.497 e. The van der Waals surface area contributed by atoms with Crippen LogP contribution in [0.15, 0.2) is 24.3 Å². The van der Waals surface area contributed by atoms with Crippen molar-refractivity contribution in [2.75, 3.05) is 7.11 Å². The molecule has 1 aromatic carbocycles. The van der Waals surface area contributed by atoms with E-state index in [0.29, 0.717) is 0 Å². The zero-order valence-electron chi connectivity index (χ0n) is 6.82. The molecule has 2 rings (SSSR count). The van der Waals surface area contributed by atoms with Gasteiger partial charge in [0, 0.05) is 12.1 Å². The maximum Gasteiger partial charge on any atom is 0.284 e. The number of methoxy groups -OCH3 is 1. The Morgan fingerprint density at radius 2 is 2.25 bits per heavy atom. The summed E-state index contributed by atoms with van der Waals surface area (Å²) in [6.07, 6.45) is 5.72. The molecule has 1 aliphatic heterocycles. The first-order valence-corrected chi connectivity index (χ1v) is 3.79. The number of hydrogen-bond acceptors (Lipinski definition) is 2. The Hall–Kier alpha value is -1.57. The molecule has 0 aliphatic carbocycles. The van der Waals surface area contributed by atoms with Gasteiger partial charge in [-0.3, -0.25) is 0 Å². The molecule has 1 radical (unpaired) electrons. The van der Waals surface area contributed by atoms with Gasteiger partial charge >= 0.3 is 0 Å². The van der Waals surface area contributed by atoms with E-state index in [0.717, 1.165) is 17.0 Å². The normalized spacial score (nSPS) is 12.8. The zero-order valence-corrected chi connectivity index (χ0v) is 6.82. The van der Waals surface area contributed by atoms with Crippen molar-refractivity contribution >= 4 is 18.0 Å². The van der Waals surface area contributed by atoms with Crippen molar-refractivity contribution in [3.63, 3.8) is 0 Å². The molecule has 59 valence electrons. The van der Waals surface area contributed by atoms with E-state index < -0.39 is 0 Å². The highest BCUT2D eigenvalue weighted by Gasteiger charge is 2.11. The molecule has 12 heavy (non-hydrogen) atoms. The summed E-state index contributed by atoms with van der Waals surface area (Å²) in [5, 5.41) is 0. The fourth-order valence-corrected chi connectivity index (χ4v) is 1.18. The minimum absolute atomic E-state index is 0.871. The van der Waals surface area contributed by atoms with Crippen molar-refractivity contribution in [1.82, 2.24) is 4.99 Å². The van der Waals surface area contributed by atoms with Gasteiger partial charge in [0.05, 0.1) is 17.7 Å². The fourth-order valence-electron chi connectivity index (χ4n) is 1.18. The van der Waals surface area contributed by atoms with Crippen molar-refractivity contribution in [2.24, 2.45) is 0 Å². The molecule has 1 aliphatic rings. The molecular weight excluding hydrogens is 150 g/mol. The van der Waals surface area contributed by atoms with Gasteiger partial charge in [0.1, 0.15) is 5.75 Å². The van der Waals surface area contributed by atoms with Crippen LogP contribution in [0.2, 0.25) is 0 Å². The smallest absolute Gasteiger partial charge is 0.284 e. The third-order valence-corrected chi connectivity index (χ3v) is 1.81. The van der Waals surface area contributed by atoms with Crippen molar-refractivity contribution in [1.29, 1.82) is 0 Å². The highest BCUT2D eigenvalue weighted by molar-refractivity contribution is 5.86. The van der Waals surface area contributed by atoms with Crippen LogP contribution in [0.1, 0.15) is 5.56 Å². The Balaban J connectivity index is 2.51. The van der Waals surface area contributed by atoms with E-state index in [1.165, 1.54) is 0 Å². The average molecular weight is 159 g/mol. The molecule has 0 amide bonds. The van der Waals surface area contributed by atoms with Crippen molar-refractivity contribution in [2.45, 2.75) is 0 Å². The lowest BCUT2D eigenvalue weighted by atomic mass is 10.1. The Morgan fingerprint density at radius 1 is 1.33 bits per heavy atom. The second-order valence-corrected chi connectivity index (χ2v) is 2.56. The second-order valence-electron chi connectivity index (χ2n) is 2.56. The highest BCUT2D eigenvalue weighted by atomic mass is 16.5. The van der Waals surface area contributed by atoms with Crippen molar-refractivity contribution in [3.8, 4) is 5.75 Å². The van der Waals surface area contributed by atoms with Gasteiger partial charge in [-0.15, -0.1) is 0 Å². The quantitative estimate of drug-likeness (QED) is 0.612. The van der Waals surface area contributed by atoms with Crippen LogP contribution >= 0.6 is 0 Å². The SMILES string of the molecule is COc1ccc2c(c1)C=CC=[N+]2. The molecule has 0 unspecified atom stereocenters. The Morgan fingerprint density at radius 3 is 3.08 bits per heavy atom. The van der Waals surface area contributed by atoms with Crippen LogP contribution < -0.4 is 9.73 Å². The molecule has 0 saturated heterocycles. The number of fused-ring (bicyclic) bond motifs is 1. The fraction of sp³-hybridized carbons (Fsp3) is 0.100. The van der Waals surface area contributed by atoms with Gasteiger partial charge in [0.2, 0.25) is 6.21 Å². The first kappa shape index (κ1) is 7.10. The highest BCUT2D eigenvalue weighted by Crippen LogP contribution is 2.23. The molecule has 0 fully saturated rings. The maximum absolute atomic E-state index is 5.09. The molecule has 0 spiro atoms. The molecular formula is C10H9NO+. The molecule has 0 atom stereocenters. The van der Waals surface area contributed by atoms with E-state index in [1.807, 2.05) is 30.4 Å². The van der Waals surface area contributed by atoms with Crippen LogP contribution in [0, 0.1) is 0 Å². The van der Waals surface area contributed by atoms with Gasteiger partial charge in [-0.2, -0.15) is 0 Å². The van der Waals surface area contributed by atoms with E-state index in [9.17, 15) is 0 Å². The van der Waals surface area contributed by atoms with E-state index in [-0.39, 0.29) is 0 Å². The molecule has 2 heteroatoms. The summed E-state index contributed by atoms with van der Waals surface area (Å²) >= 11 is 0. The standard InChI is InChI=1S/C10H9NO/c1-12-9-4-5-10-8(7-9)3-2-6-11-10/h2-7H,1H3/q+1. The van der Waals surface area contributed by atoms with Gasteiger partial charge in [-0.05, 0) is 18.2 Å². The summed E-state index contributed by atoms with van der Waals surface area (Å²) in [5.41, 5.74) is 2.11. The summed E-state index contributed by atoms with van der Waals surface area (Å²) in [6.45, 7) is 0. The number of aliphatic imine (C=N–C) groups is 1. The lowest BCUT2D eigenvalue weighted by Crippen LogP contribution is -1.92. The van der Waals surface area contributed by atoms with Crippen LogP contribution in [0.5, 0.6) is 5.75 Å². The summed E-state index contributed by atoms with van der Waals surface area (Å²) in [4.78, 5) is 4.20. The summed E-state index contributed by atoms with van der Waals surface area (Å²) in [7, 11) is 1.66. The predicted octanol–water partition coefficient (Wildman–Crippen LogP) is 1.76. The van der Waals surface area contributed by atoms with Crippen molar-refractivity contribution < 1.29 is 4.74 Å². The summed E-state index contributed by atoms with van der Waals surface area (Å²) in [6, 6.07) is 5.84. The molecule has 2 nitrogen and oxygen atoms in total. The Kier molecular flexibility index (Phi) is 1.67. The summed E-state index contributed by atoms with van der Waals surface area (Å²) in [5.74, 6) is 0.871. The van der Waals surface area contributed by atoms with E-state index in [1.54, 1.807) is 13.3 Å². The van der Waals surface area contributed by atoms with Gasteiger partial charge < -0.3 is 4.74 Å². The van der Waals surface area contributed by atoms with E-state index >= 15 is 0 Å². The van der Waals surface area contributed by atoms with E-state index in [2.05, 4.69) is 4.99 Å². The minimum atomic E-state index is 0.871. The Bertz CT molecular complexity index is 353. The molecule has 0 saturated carbocycles. The van der Waals surface area contributed by atoms with Gasteiger partial charge in [0.15, 0.2) is 0 Å². The maximum atomic E-state index is 5.09. The number of benzene rings is 1. The van der Waals surface area contributed by atoms with E-state index in [4.69, 9.17) is 4.74 Å². The molecule has 0 bridgehead atoms. The largest absolute Gasteiger partial charge is 0.497 e. The van der Waals surface area contributed by atoms with Crippen LogP contribution in [0.3, 0.4) is 0 Å². The number of hydrogen-bond donors (Lipinski definition) is 0. The lowest BCUT2D eigenvalue weighted by molar-refractivity contribution is 0.414. The van der Waals surface area contributed by atoms with Crippen LogP contribution in [-0.2, 0) is 0 Å². The predicted molar refractivity (Wildman–Crippen MR) is 49.9 cm³/mol. The van der Waals surface area contributed by atoms with Crippen LogP contribution in [0.25, 0.3) is 6.08 Å². The van der Waals surface area contributed by atoms with Gasteiger partial charge in [-0.1, -0.05) is 0 Å². The molecule has 0 N–H and O–H groups in total.